The van der Waals surface area contributed by atoms with Crippen molar-refractivity contribution in [1.29, 1.82) is 0 Å². The van der Waals surface area contributed by atoms with Gasteiger partial charge in [-0.2, -0.15) is 0 Å². The Hall–Kier alpha value is -1.55. The standard InChI is InChI=1S/C52H84O21/c1-23-40(72-45-41(32(56)26(55)20-66-45)73-44-38(62)35(59)33(57)27(19-53)69-44)36(60)39(63)43(68-23)70-28-21-67-42(37(61)34(28)58)71-31-11-12-48(4)29(49(31,5)22-54)10-13-51(7)30(48)9-8-24-25-18-47(2,3)14-16-52(25,46(64)65)17-15-50(24,51)6/h8,23,25-45,53-63H,9-22H2,1-7H3,(H,64,65). The van der Waals surface area contributed by atoms with E-state index in [1.54, 1.807) is 0 Å². The molecule has 27 unspecified atom stereocenters. The van der Waals surface area contributed by atoms with Gasteiger partial charge in [-0.3, -0.25) is 4.79 Å². The van der Waals surface area contributed by atoms with Gasteiger partial charge >= 0.3 is 5.97 Å². The van der Waals surface area contributed by atoms with Crippen molar-refractivity contribution in [2.45, 2.75) is 229 Å². The van der Waals surface area contributed by atoms with Crippen molar-refractivity contribution in [1.82, 2.24) is 0 Å². The van der Waals surface area contributed by atoms with Gasteiger partial charge in [0.2, 0.25) is 0 Å². The first-order chi connectivity index (χ1) is 34.2. The third-order valence-electron chi connectivity index (χ3n) is 20.8. The number of allylic oxidation sites excluding steroid dienone is 2. The van der Waals surface area contributed by atoms with Crippen LogP contribution in [-0.2, 0) is 42.7 Å². The topological polar surface area (TPSA) is 334 Å². The van der Waals surface area contributed by atoms with E-state index in [2.05, 4.69) is 40.7 Å². The molecule has 0 aromatic rings. The molecule has 4 saturated heterocycles. The van der Waals surface area contributed by atoms with Crippen LogP contribution in [0.3, 0.4) is 0 Å². The number of carboxylic acid groups (broad SMARTS) is 1. The lowest BCUT2D eigenvalue weighted by molar-refractivity contribution is -0.383. The number of hydrogen-bond acceptors (Lipinski definition) is 20. The molecule has 4 aliphatic heterocycles. The summed E-state index contributed by atoms with van der Waals surface area (Å²) >= 11 is 0. The first-order valence-corrected chi connectivity index (χ1v) is 26.7. The Kier molecular flexibility index (Phi) is 15.6. The summed E-state index contributed by atoms with van der Waals surface area (Å²) in [7, 11) is 0. The molecule has 418 valence electrons. The van der Waals surface area contributed by atoms with Gasteiger partial charge < -0.3 is 99.2 Å². The van der Waals surface area contributed by atoms with Gasteiger partial charge in [0.15, 0.2) is 25.2 Å². The van der Waals surface area contributed by atoms with Crippen molar-refractivity contribution in [3.05, 3.63) is 11.6 Å². The van der Waals surface area contributed by atoms with Crippen LogP contribution in [-0.4, -0.2) is 210 Å². The smallest absolute Gasteiger partial charge is 0.310 e. The average Bonchev–Trinajstić information content (AvgIpc) is 3.34. The predicted octanol–water partition coefficient (Wildman–Crippen LogP) is -0.191. The quantitative estimate of drug-likeness (QED) is 0.0942. The van der Waals surface area contributed by atoms with Gasteiger partial charge in [-0.15, -0.1) is 0 Å². The first kappa shape index (κ1) is 56.2. The van der Waals surface area contributed by atoms with E-state index in [0.717, 1.165) is 44.9 Å². The number of carboxylic acids is 1. The third kappa shape index (κ3) is 9.10. The number of rotatable bonds is 11. The van der Waals surface area contributed by atoms with Gasteiger partial charge in [-0.25, -0.2) is 0 Å². The summed E-state index contributed by atoms with van der Waals surface area (Å²) < 4.78 is 47.3. The highest BCUT2D eigenvalue weighted by atomic mass is 16.8. The molecule has 4 heterocycles. The molecule has 27 atom stereocenters. The molecular formula is C52H84O21. The fourth-order valence-corrected chi connectivity index (χ4v) is 16.0. The van der Waals surface area contributed by atoms with Gasteiger partial charge in [0.1, 0.15) is 79.4 Å². The fraction of sp³-hybridized carbons (Fsp3) is 0.942. The first-order valence-electron chi connectivity index (χ1n) is 26.7. The molecule has 5 aliphatic carbocycles. The maximum atomic E-state index is 13.1. The zero-order valence-corrected chi connectivity index (χ0v) is 43.2. The monoisotopic (exact) mass is 1040 g/mol. The minimum absolute atomic E-state index is 0.00245. The van der Waals surface area contributed by atoms with Crippen LogP contribution in [0.4, 0.5) is 0 Å². The normalized spacial score (nSPS) is 55.0. The number of aliphatic carboxylic acids is 1. The van der Waals surface area contributed by atoms with E-state index in [4.69, 9.17) is 37.9 Å². The number of fused-ring (bicyclic) bond motifs is 7. The minimum Gasteiger partial charge on any atom is -0.481 e. The molecule has 21 heteroatoms. The van der Waals surface area contributed by atoms with Crippen molar-refractivity contribution < 1.29 is 104 Å². The third-order valence-corrected chi connectivity index (χ3v) is 20.8. The van der Waals surface area contributed by atoms with Crippen LogP contribution in [0.15, 0.2) is 11.6 Å². The Bertz CT molecular complexity index is 2010. The molecule has 0 radical (unpaired) electrons. The van der Waals surface area contributed by atoms with Crippen LogP contribution < -0.4 is 0 Å². The summed E-state index contributed by atoms with van der Waals surface area (Å²) in [6.45, 7) is 13.6. The minimum atomic E-state index is -1.87. The fourth-order valence-electron chi connectivity index (χ4n) is 16.0. The van der Waals surface area contributed by atoms with E-state index in [1.165, 1.54) is 12.5 Å². The van der Waals surface area contributed by atoms with E-state index < -0.39 is 147 Å². The van der Waals surface area contributed by atoms with Crippen LogP contribution >= 0.6 is 0 Å². The zero-order valence-electron chi connectivity index (χ0n) is 43.2. The summed E-state index contributed by atoms with van der Waals surface area (Å²) in [5.41, 5.74) is -0.554. The summed E-state index contributed by atoms with van der Waals surface area (Å²) in [6.07, 6.45) is -18.7. The Morgan fingerprint density at radius 2 is 1.29 bits per heavy atom. The lowest BCUT2D eigenvalue weighted by Gasteiger charge is -2.71. The molecule has 0 bridgehead atoms. The van der Waals surface area contributed by atoms with Crippen LogP contribution in [0.5, 0.6) is 0 Å². The molecular weight excluding hydrogens is 961 g/mol. The molecule has 0 aromatic heterocycles. The van der Waals surface area contributed by atoms with E-state index in [0.29, 0.717) is 19.3 Å². The van der Waals surface area contributed by atoms with Crippen molar-refractivity contribution in [2.24, 2.45) is 50.2 Å². The van der Waals surface area contributed by atoms with Crippen LogP contribution in [0.25, 0.3) is 0 Å². The van der Waals surface area contributed by atoms with Gasteiger partial charge in [0, 0.05) is 5.41 Å². The second-order valence-corrected chi connectivity index (χ2v) is 25.2. The number of ether oxygens (including phenoxy) is 8. The predicted molar refractivity (Wildman–Crippen MR) is 251 cm³/mol. The molecule has 0 amide bonds. The van der Waals surface area contributed by atoms with Crippen molar-refractivity contribution in [2.75, 3.05) is 26.4 Å². The Morgan fingerprint density at radius 1 is 0.644 bits per heavy atom. The van der Waals surface area contributed by atoms with E-state index in [-0.39, 0.29) is 52.6 Å². The molecule has 4 saturated carbocycles. The number of hydrogen-bond donors (Lipinski definition) is 12. The summed E-state index contributed by atoms with van der Waals surface area (Å²) in [6, 6.07) is 0. The molecule has 8 fully saturated rings. The highest BCUT2D eigenvalue weighted by Gasteiger charge is 2.70. The van der Waals surface area contributed by atoms with Crippen molar-refractivity contribution >= 4 is 5.97 Å². The molecule has 73 heavy (non-hydrogen) atoms. The van der Waals surface area contributed by atoms with Gasteiger partial charge in [0.25, 0.3) is 0 Å². The van der Waals surface area contributed by atoms with Gasteiger partial charge in [-0.1, -0.05) is 53.2 Å². The summed E-state index contributed by atoms with van der Waals surface area (Å²) in [5, 5.41) is 130. The lowest BCUT2D eigenvalue weighted by Crippen LogP contribution is -2.67. The Balaban J connectivity index is 0.830. The molecule has 12 N–H and O–H groups in total. The lowest BCUT2D eigenvalue weighted by atomic mass is 9.33. The molecule has 9 rings (SSSR count). The highest BCUT2D eigenvalue weighted by Crippen LogP contribution is 2.76. The molecule has 0 spiro atoms. The van der Waals surface area contributed by atoms with E-state index in [9.17, 15) is 66.1 Å². The SMILES string of the molecule is CC1OC(OC2COC(OC3CCC4(C)C(CCC5(C)C4CC=C4C6CC(C)(C)CCC6(C(=O)O)CCC45C)C3(C)CO)C(O)C2O)C(O)C(O)C1OC1OCC(O)C(O)C1OC1OC(CO)C(O)C(O)C1O. The van der Waals surface area contributed by atoms with E-state index in [1.807, 2.05) is 6.92 Å². The van der Waals surface area contributed by atoms with Gasteiger partial charge in [-0.05, 0) is 111 Å². The van der Waals surface area contributed by atoms with Crippen LogP contribution in [0.2, 0.25) is 0 Å². The average molecular weight is 1050 g/mol. The second kappa shape index (κ2) is 20.3. The summed E-state index contributed by atoms with van der Waals surface area (Å²) in [4.78, 5) is 13.1. The summed E-state index contributed by atoms with van der Waals surface area (Å²) in [5.74, 6) is -0.362. The maximum Gasteiger partial charge on any atom is 0.310 e. The van der Waals surface area contributed by atoms with Crippen molar-refractivity contribution in [3.63, 3.8) is 0 Å². The number of carbonyl (C=O) groups is 1. The Labute approximate surface area is 426 Å². The number of aliphatic hydroxyl groups excluding tert-OH is 11. The number of aliphatic hydroxyl groups is 11. The molecule has 9 aliphatic rings. The Morgan fingerprint density at radius 3 is 1.97 bits per heavy atom. The zero-order chi connectivity index (χ0) is 53.1. The molecule has 0 aromatic carbocycles. The highest BCUT2D eigenvalue weighted by molar-refractivity contribution is 5.76. The second-order valence-electron chi connectivity index (χ2n) is 25.2. The van der Waals surface area contributed by atoms with Gasteiger partial charge in [0.05, 0.1) is 44.1 Å². The van der Waals surface area contributed by atoms with Crippen molar-refractivity contribution in [3.8, 4) is 0 Å². The van der Waals surface area contributed by atoms with Crippen LogP contribution in [0.1, 0.15) is 113 Å². The van der Waals surface area contributed by atoms with Crippen LogP contribution in [0, 0.1) is 50.2 Å². The van der Waals surface area contributed by atoms with E-state index >= 15 is 0 Å². The maximum absolute atomic E-state index is 13.1. The largest absolute Gasteiger partial charge is 0.481 e. The molecule has 21 nitrogen and oxygen atoms in total.